The van der Waals surface area contributed by atoms with Crippen molar-refractivity contribution in [3.8, 4) is 0 Å². The third-order valence-corrected chi connectivity index (χ3v) is 3.72. The Hall–Kier alpha value is -1.55. The molecule has 0 saturated carbocycles. The molecule has 0 unspecified atom stereocenters. The molecular formula is C14H16N2OS. The summed E-state index contributed by atoms with van der Waals surface area (Å²) in [6, 6.07) is 8.20. The Morgan fingerprint density at radius 1 is 1.44 bits per heavy atom. The number of hydrogen-bond donors (Lipinski definition) is 0. The molecule has 1 aromatic carbocycles. The van der Waals surface area contributed by atoms with Crippen molar-refractivity contribution >= 4 is 17.5 Å². The normalized spacial score (nSPS) is 10.6. The van der Waals surface area contributed by atoms with Gasteiger partial charge in [0.15, 0.2) is 5.78 Å². The average Bonchev–Trinajstić information content (AvgIpc) is 2.73. The maximum atomic E-state index is 11.8. The first-order chi connectivity index (χ1) is 8.65. The van der Waals surface area contributed by atoms with E-state index in [1.54, 1.807) is 18.0 Å². The van der Waals surface area contributed by atoms with Crippen molar-refractivity contribution in [1.29, 1.82) is 0 Å². The monoisotopic (exact) mass is 260 g/mol. The van der Waals surface area contributed by atoms with Gasteiger partial charge in [-0.3, -0.25) is 4.79 Å². The molecule has 4 heteroatoms. The van der Waals surface area contributed by atoms with Crippen LogP contribution in [-0.4, -0.2) is 21.1 Å². The van der Waals surface area contributed by atoms with Crippen LogP contribution in [0.1, 0.15) is 11.4 Å². The van der Waals surface area contributed by atoms with E-state index in [1.165, 1.54) is 5.56 Å². The second kappa shape index (κ2) is 5.87. The van der Waals surface area contributed by atoms with Gasteiger partial charge in [0, 0.05) is 24.3 Å². The lowest BCUT2D eigenvalue weighted by atomic mass is 10.2. The van der Waals surface area contributed by atoms with E-state index in [1.807, 2.05) is 29.9 Å². The summed E-state index contributed by atoms with van der Waals surface area (Å²) in [6.45, 7) is 2.06. The summed E-state index contributed by atoms with van der Waals surface area (Å²) in [4.78, 5) is 17.1. The molecule has 0 amide bonds. The first-order valence-electron chi connectivity index (χ1n) is 5.82. The number of carbonyl (C=O) groups is 1. The molecule has 1 heterocycles. The van der Waals surface area contributed by atoms with Crippen LogP contribution in [0.2, 0.25) is 0 Å². The summed E-state index contributed by atoms with van der Waals surface area (Å²) in [6.07, 6.45) is 3.98. The van der Waals surface area contributed by atoms with Gasteiger partial charge in [-0.2, -0.15) is 0 Å². The first-order valence-corrected chi connectivity index (χ1v) is 6.81. The highest BCUT2D eigenvalue weighted by Crippen LogP contribution is 2.19. The van der Waals surface area contributed by atoms with Crippen LogP contribution in [0.3, 0.4) is 0 Å². The number of ketones is 1. The minimum Gasteiger partial charge on any atom is -0.338 e. The molecule has 0 N–H and O–H groups in total. The van der Waals surface area contributed by atoms with E-state index in [0.717, 1.165) is 10.7 Å². The highest BCUT2D eigenvalue weighted by atomic mass is 32.2. The molecule has 1 aromatic heterocycles. The molecule has 0 aliphatic carbocycles. The highest BCUT2D eigenvalue weighted by molar-refractivity contribution is 8.00. The Bertz CT molecular complexity index is 548. The first kappa shape index (κ1) is 12.9. The molecular weight excluding hydrogens is 244 g/mol. The Morgan fingerprint density at radius 2 is 2.28 bits per heavy atom. The van der Waals surface area contributed by atoms with Crippen LogP contribution < -0.4 is 0 Å². The number of imidazole rings is 1. The van der Waals surface area contributed by atoms with Crippen LogP contribution in [0.5, 0.6) is 0 Å². The van der Waals surface area contributed by atoms with Gasteiger partial charge in [0.1, 0.15) is 5.82 Å². The zero-order valence-corrected chi connectivity index (χ0v) is 11.4. The molecule has 0 radical (unpaired) electrons. The summed E-state index contributed by atoms with van der Waals surface area (Å²) in [5, 5.41) is 0. The van der Waals surface area contributed by atoms with Gasteiger partial charge in [-0.05, 0) is 19.1 Å². The molecule has 0 aliphatic rings. The van der Waals surface area contributed by atoms with E-state index in [2.05, 4.69) is 24.0 Å². The zero-order valence-electron chi connectivity index (χ0n) is 10.6. The fourth-order valence-electron chi connectivity index (χ4n) is 1.66. The molecule has 0 bridgehead atoms. The van der Waals surface area contributed by atoms with Crippen LogP contribution in [0.25, 0.3) is 0 Å². The standard InChI is InChI=1S/C14H16N2OS/c1-11-4-3-5-13(8-11)18-10-12(17)9-14-15-6-7-16(14)2/h3-8H,9-10H2,1-2H3. The smallest absolute Gasteiger partial charge is 0.150 e. The van der Waals surface area contributed by atoms with Gasteiger partial charge in [-0.1, -0.05) is 17.7 Å². The third-order valence-electron chi connectivity index (χ3n) is 2.67. The Balaban J connectivity index is 1.87. The molecule has 2 rings (SSSR count). The molecule has 0 saturated heterocycles. The molecule has 0 atom stereocenters. The lowest BCUT2D eigenvalue weighted by molar-refractivity contribution is -0.116. The lowest BCUT2D eigenvalue weighted by Gasteiger charge is -2.03. The number of carbonyl (C=O) groups excluding carboxylic acids is 1. The van der Waals surface area contributed by atoms with Crippen molar-refractivity contribution in [2.24, 2.45) is 7.05 Å². The van der Waals surface area contributed by atoms with Gasteiger partial charge in [0.25, 0.3) is 0 Å². The van der Waals surface area contributed by atoms with Crippen molar-refractivity contribution in [2.45, 2.75) is 18.2 Å². The Morgan fingerprint density at radius 3 is 2.94 bits per heavy atom. The summed E-state index contributed by atoms with van der Waals surface area (Å²) < 4.78 is 1.88. The largest absolute Gasteiger partial charge is 0.338 e. The van der Waals surface area contributed by atoms with Crippen LogP contribution in [0.4, 0.5) is 0 Å². The van der Waals surface area contributed by atoms with Gasteiger partial charge in [0.2, 0.25) is 0 Å². The van der Waals surface area contributed by atoms with Crippen LogP contribution in [0, 0.1) is 6.92 Å². The molecule has 0 aliphatic heterocycles. The summed E-state index contributed by atoms with van der Waals surface area (Å²) >= 11 is 1.58. The van der Waals surface area contributed by atoms with Crippen molar-refractivity contribution in [3.05, 3.63) is 48.0 Å². The SMILES string of the molecule is Cc1cccc(SCC(=O)Cc2nccn2C)c1. The van der Waals surface area contributed by atoms with Crippen molar-refractivity contribution < 1.29 is 4.79 Å². The second-order valence-electron chi connectivity index (χ2n) is 4.28. The van der Waals surface area contributed by atoms with Crippen LogP contribution in [-0.2, 0) is 18.3 Å². The van der Waals surface area contributed by atoms with Gasteiger partial charge < -0.3 is 4.57 Å². The van der Waals surface area contributed by atoms with Gasteiger partial charge in [-0.25, -0.2) is 4.98 Å². The lowest BCUT2D eigenvalue weighted by Crippen LogP contribution is -2.09. The van der Waals surface area contributed by atoms with Crippen LogP contribution in [0.15, 0.2) is 41.6 Å². The van der Waals surface area contributed by atoms with E-state index in [0.29, 0.717) is 12.2 Å². The Labute approximate surface area is 111 Å². The predicted molar refractivity (Wildman–Crippen MR) is 73.8 cm³/mol. The quantitative estimate of drug-likeness (QED) is 0.775. The number of hydrogen-bond acceptors (Lipinski definition) is 3. The van der Waals surface area contributed by atoms with Gasteiger partial charge >= 0.3 is 0 Å². The molecule has 3 nitrogen and oxygen atoms in total. The molecule has 18 heavy (non-hydrogen) atoms. The molecule has 2 aromatic rings. The van der Waals surface area contributed by atoms with E-state index in [9.17, 15) is 4.79 Å². The third kappa shape index (κ3) is 3.47. The minimum atomic E-state index is 0.204. The number of aromatic nitrogens is 2. The fourth-order valence-corrected chi connectivity index (χ4v) is 2.54. The van der Waals surface area contributed by atoms with Gasteiger partial charge in [0.05, 0.1) is 12.2 Å². The summed E-state index contributed by atoms with van der Waals surface area (Å²) in [5.41, 5.74) is 1.22. The maximum Gasteiger partial charge on any atom is 0.150 e. The van der Waals surface area contributed by atoms with E-state index in [-0.39, 0.29) is 5.78 Å². The minimum absolute atomic E-state index is 0.204. The average molecular weight is 260 g/mol. The topological polar surface area (TPSA) is 34.9 Å². The number of Topliss-reactive ketones (excluding diaryl/α,β-unsaturated/α-hetero) is 1. The van der Waals surface area contributed by atoms with E-state index >= 15 is 0 Å². The number of aryl methyl sites for hydroxylation is 2. The van der Waals surface area contributed by atoms with Gasteiger partial charge in [-0.15, -0.1) is 11.8 Å². The molecule has 0 fully saturated rings. The highest BCUT2D eigenvalue weighted by Gasteiger charge is 2.08. The zero-order chi connectivity index (χ0) is 13.0. The Kier molecular flexibility index (Phi) is 4.20. The van der Waals surface area contributed by atoms with Crippen molar-refractivity contribution in [2.75, 3.05) is 5.75 Å². The number of nitrogens with zero attached hydrogens (tertiary/aromatic N) is 2. The number of thioether (sulfide) groups is 1. The summed E-state index contributed by atoms with van der Waals surface area (Å²) in [7, 11) is 1.91. The van der Waals surface area contributed by atoms with E-state index in [4.69, 9.17) is 0 Å². The number of rotatable bonds is 5. The predicted octanol–water partition coefficient (Wildman–Crippen LogP) is 2.63. The van der Waals surface area contributed by atoms with Crippen molar-refractivity contribution in [1.82, 2.24) is 9.55 Å². The summed E-state index contributed by atoms with van der Waals surface area (Å²) in [5.74, 6) is 1.52. The molecule has 94 valence electrons. The molecule has 0 spiro atoms. The maximum absolute atomic E-state index is 11.8. The number of benzene rings is 1. The van der Waals surface area contributed by atoms with Crippen LogP contribution >= 0.6 is 11.8 Å². The second-order valence-corrected chi connectivity index (χ2v) is 5.32. The van der Waals surface area contributed by atoms with E-state index < -0.39 is 0 Å². The fraction of sp³-hybridized carbons (Fsp3) is 0.286. The van der Waals surface area contributed by atoms with Crippen molar-refractivity contribution in [3.63, 3.8) is 0 Å².